The van der Waals surface area contributed by atoms with Crippen LogP contribution >= 0.6 is 11.3 Å². The summed E-state index contributed by atoms with van der Waals surface area (Å²) >= 11 is 0.701. The Bertz CT molecular complexity index is 1390. The number of carbonyl (C=O) groups excluding carboxylic acids is 1. The highest BCUT2D eigenvalue weighted by molar-refractivity contribution is 7.91. The van der Waals surface area contributed by atoms with Crippen molar-refractivity contribution >= 4 is 61.1 Å². The van der Waals surface area contributed by atoms with Gasteiger partial charge in [-0.2, -0.15) is 9.97 Å². The summed E-state index contributed by atoms with van der Waals surface area (Å²) in [4.78, 5) is 26.9. The van der Waals surface area contributed by atoms with Gasteiger partial charge < -0.3 is 22.5 Å². The van der Waals surface area contributed by atoms with Crippen molar-refractivity contribution in [3.05, 3.63) is 30.3 Å². The Balaban J connectivity index is 0.000000195. The number of hydrogen-bond acceptors (Lipinski definition) is 13. The molecule has 32 heavy (non-hydrogen) atoms. The Morgan fingerprint density at radius 1 is 0.969 bits per heavy atom. The van der Waals surface area contributed by atoms with E-state index < -0.39 is 10.0 Å². The van der Waals surface area contributed by atoms with E-state index in [1.165, 1.54) is 6.92 Å². The molecule has 1 amide bonds. The lowest BCUT2D eigenvalue weighted by molar-refractivity contribution is -0.114. The maximum absolute atomic E-state index is 10.7. The van der Waals surface area contributed by atoms with E-state index in [9.17, 15) is 13.2 Å². The van der Waals surface area contributed by atoms with Gasteiger partial charge in [0.05, 0.1) is 0 Å². The van der Waals surface area contributed by atoms with Gasteiger partial charge in [0.2, 0.25) is 21.3 Å². The number of fused-ring (bicyclic) bond motifs is 1. The summed E-state index contributed by atoms with van der Waals surface area (Å²) in [6.07, 6.45) is 0. The normalized spacial score (nSPS) is 10.9. The molecule has 4 aromatic rings. The van der Waals surface area contributed by atoms with Crippen molar-refractivity contribution in [1.82, 2.24) is 30.1 Å². The van der Waals surface area contributed by atoms with Gasteiger partial charge in [-0.1, -0.05) is 41.7 Å². The highest BCUT2D eigenvalue weighted by Crippen LogP contribution is 2.26. The second-order valence-corrected chi connectivity index (χ2v) is 8.77. The first-order chi connectivity index (χ1) is 15.0. The quantitative estimate of drug-likeness (QED) is 0.245. The molecule has 16 heteroatoms. The van der Waals surface area contributed by atoms with Crippen molar-refractivity contribution < 1.29 is 13.2 Å². The van der Waals surface area contributed by atoms with Gasteiger partial charge in [-0.05, 0) is 0 Å². The van der Waals surface area contributed by atoms with E-state index in [0.29, 0.717) is 28.2 Å². The van der Waals surface area contributed by atoms with Crippen LogP contribution in [0, 0.1) is 0 Å². The number of primary sulfonamides is 1. The number of hydrogen-bond donors (Lipinski definition) is 5. The zero-order chi connectivity index (χ0) is 23.5. The summed E-state index contributed by atoms with van der Waals surface area (Å²) in [6, 6.07) is 9.47. The third kappa shape index (κ3) is 5.36. The van der Waals surface area contributed by atoms with Crippen molar-refractivity contribution in [2.75, 3.05) is 22.5 Å². The molecule has 0 saturated carbocycles. The number of sulfonamides is 1. The molecule has 0 unspecified atom stereocenters. The topological polar surface area (TPSA) is 245 Å². The number of rotatable bonds is 3. The lowest BCUT2D eigenvalue weighted by Gasteiger charge is -2.07. The van der Waals surface area contributed by atoms with Gasteiger partial charge in [0.15, 0.2) is 22.8 Å². The van der Waals surface area contributed by atoms with Gasteiger partial charge in [-0.25, -0.2) is 23.5 Å². The molecule has 0 aliphatic rings. The molecule has 3 heterocycles. The zero-order valence-corrected chi connectivity index (χ0v) is 18.1. The zero-order valence-electron chi connectivity index (χ0n) is 16.4. The first-order valence-corrected chi connectivity index (χ1v) is 11.0. The number of nitrogens with two attached hydrogens (primary N) is 4. The summed E-state index contributed by atoms with van der Waals surface area (Å²) in [5.41, 5.74) is 19.3. The minimum absolute atomic E-state index is 0.0474. The summed E-state index contributed by atoms with van der Waals surface area (Å²) in [5, 5.41) is 13.8. The number of carbonyl (C=O) groups is 1. The predicted molar refractivity (Wildman–Crippen MR) is 119 cm³/mol. The van der Waals surface area contributed by atoms with E-state index in [0.717, 1.165) is 5.56 Å². The fourth-order valence-electron chi connectivity index (χ4n) is 2.33. The highest BCUT2D eigenvalue weighted by Gasteiger charge is 2.15. The smallest absolute Gasteiger partial charge is 0.267 e. The molecule has 1 aromatic carbocycles. The summed E-state index contributed by atoms with van der Waals surface area (Å²) in [7, 11) is -3.82. The molecule has 14 nitrogen and oxygen atoms in total. The molecule has 0 aliphatic carbocycles. The maximum atomic E-state index is 10.7. The summed E-state index contributed by atoms with van der Waals surface area (Å²) in [6.45, 7) is 1.28. The van der Waals surface area contributed by atoms with E-state index >= 15 is 0 Å². The Hall–Kier alpha value is -4.02. The van der Waals surface area contributed by atoms with Crippen LogP contribution in [-0.4, -0.2) is 44.5 Å². The molecule has 3 aromatic heterocycles. The highest BCUT2D eigenvalue weighted by atomic mass is 32.2. The third-order valence-corrected chi connectivity index (χ3v) is 5.73. The van der Waals surface area contributed by atoms with Crippen LogP contribution < -0.4 is 27.7 Å². The van der Waals surface area contributed by atoms with Crippen LogP contribution in [0.5, 0.6) is 0 Å². The third-order valence-electron chi connectivity index (χ3n) is 3.58. The molecule has 0 aliphatic heterocycles. The van der Waals surface area contributed by atoms with Crippen molar-refractivity contribution in [2.24, 2.45) is 5.14 Å². The number of aromatic nitrogens is 6. The summed E-state index contributed by atoms with van der Waals surface area (Å²) in [5.74, 6) is 0.159. The van der Waals surface area contributed by atoms with E-state index in [4.69, 9.17) is 22.3 Å². The van der Waals surface area contributed by atoms with Crippen LogP contribution in [0.2, 0.25) is 0 Å². The molecular weight excluding hydrogens is 458 g/mol. The lowest BCUT2D eigenvalue weighted by atomic mass is 10.1. The summed E-state index contributed by atoms with van der Waals surface area (Å²) < 4.78 is 21.1. The molecule has 0 radical (unpaired) electrons. The number of nitrogens with zero attached hydrogens (tertiary/aromatic N) is 6. The molecule has 0 bridgehead atoms. The molecular formula is C16H17N11O3S2. The SMILES string of the molecule is CC(=O)Nc1nnc(S(N)(=O)=O)s1.Nc1nc(N)c2nc(-c3ccccc3)c(N)nc2n1. The van der Waals surface area contributed by atoms with Crippen molar-refractivity contribution in [1.29, 1.82) is 0 Å². The van der Waals surface area contributed by atoms with Crippen LogP contribution in [0.15, 0.2) is 34.7 Å². The predicted octanol–water partition coefficient (Wildman–Crippen LogP) is -0.0227. The van der Waals surface area contributed by atoms with Gasteiger partial charge >= 0.3 is 0 Å². The molecule has 166 valence electrons. The van der Waals surface area contributed by atoms with E-state index in [1.807, 2.05) is 30.3 Å². The monoisotopic (exact) mass is 475 g/mol. The van der Waals surface area contributed by atoms with Gasteiger partial charge in [0.25, 0.3) is 10.0 Å². The molecule has 0 spiro atoms. The minimum Gasteiger partial charge on any atom is -0.382 e. The van der Waals surface area contributed by atoms with Gasteiger partial charge in [-0.3, -0.25) is 4.79 Å². The van der Waals surface area contributed by atoms with Crippen LogP contribution in [0.1, 0.15) is 6.92 Å². The first-order valence-electron chi connectivity index (χ1n) is 8.60. The molecule has 4 rings (SSSR count). The average molecular weight is 476 g/mol. The average Bonchev–Trinajstić information content (AvgIpc) is 3.17. The number of nitrogens with one attached hydrogen (secondary N) is 1. The number of anilines is 4. The van der Waals surface area contributed by atoms with Gasteiger partial charge in [0.1, 0.15) is 5.69 Å². The fourth-order valence-corrected chi connectivity index (χ4v) is 3.71. The Labute approximate surface area is 185 Å². The van der Waals surface area contributed by atoms with Crippen molar-refractivity contribution in [2.45, 2.75) is 11.3 Å². The van der Waals surface area contributed by atoms with Crippen molar-refractivity contribution in [3.63, 3.8) is 0 Å². The second-order valence-electron chi connectivity index (χ2n) is 6.06. The lowest BCUT2D eigenvalue weighted by Crippen LogP contribution is -2.11. The molecule has 0 saturated heterocycles. The second kappa shape index (κ2) is 9.00. The Kier molecular flexibility index (Phi) is 6.37. The van der Waals surface area contributed by atoms with Crippen molar-refractivity contribution in [3.8, 4) is 11.3 Å². The first kappa shape index (κ1) is 22.7. The molecule has 0 fully saturated rings. The van der Waals surface area contributed by atoms with Crippen LogP contribution in [-0.2, 0) is 14.8 Å². The molecule has 0 atom stereocenters. The minimum atomic E-state index is -3.82. The maximum Gasteiger partial charge on any atom is 0.267 e. The van der Waals surface area contributed by atoms with Crippen LogP contribution in [0.3, 0.4) is 0 Å². The van der Waals surface area contributed by atoms with Crippen LogP contribution in [0.4, 0.5) is 22.7 Å². The molecule has 9 N–H and O–H groups in total. The Morgan fingerprint density at radius 2 is 1.66 bits per heavy atom. The fraction of sp³-hybridized carbons (Fsp3) is 0.0625. The largest absolute Gasteiger partial charge is 0.382 e. The number of benzene rings is 1. The standard InChI is InChI=1S/C12H11N7.C4H6N4O3S2/c13-9-7(6-4-2-1-3-5-6)16-8-10(14)18-12(15)19-11(8)17-9;1-2(9)6-3-7-8-4(12-3)13(5,10)11/h1-5H,(H6,13,14,15,17,18,19);1H3,(H2,5,10,11)(H,6,7,9). The van der Waals surface area contributed by atoms with Gasteiger partial charge in [-0.15, -0.1) is 10.2 Å². The number of amides is 1. The van der Waals surface area contributed by atoms with Crippen LogP contribution in [0.25, 0.3) is 22.4 Å². The van der Waals surface area contributed by atoms with E-state index in [1.54, 1.807) is 0 Å². The van der Waals surface area contributed by atoms with E-state index in [-0.39, 0.29) is 33.0 Å². The Morgan fingerprint density at radius 3 is 2.25 bits per heavy atom. The number of nitrogen functional groups attached to an aromatic ring is 3. The van der Waals surface area contributed by atoms with Gasteiger partial charge in [0, 0.05) is 12.5 Å². The van der Waals surface area contributed by atoms with E-state index in [2.05, 4.69) is 35.5 Å².